The molecular formula is C17H24N6O2S. The predicted octanol–water partition coefficient (Wildman–Crippen LogP) is 3.71. The molecule has 2 aromatic heterocycles. The van der Waals surface area contributed by atoms with Crippen LogP contribution < -0.4 is 10.6 Å². The van der Waals surface area contributed by atoms with Gasteiger partial charge in [-0.2, -0.15) is 10.1 Å². The van der Waals surface area contributed by atoms with Crippen LogP contribution in [0.4, 0.5) is 23.3 Å². The molecule has 1 aliphatic rings. The van der Waals surface area contributed by atoms with Crippen LogP contribution in [-0.2, 0) is 9.84 Å². The van der Waals surface area contributed by atoms with Gasteiger partial charge in [0, 0.05) is 40.1 Å². The first kappa shape index (κ1) is 16.5. The van der Waals surface area contributed by atoms with E-state index >= 15 is 0 Å². The highest BCUT2D eigenvalue weighted by molar-refractivity contribution is 7.90. The lowest BCUT2D eigenvalue weighted by atomic mass is 10.3. The number of aromatic nitrogens is 4. The van der Waals surface area contributed by atoms with E-state index in [2.05, 4.69) is 30.8 Å². The molecule has 0 radical (unpaired) electrons. The molecule has 2 heterocycles. The van der Waals surface area contributed by atoms with Crippen molar-refractivity contribution in [1.29, 1.82) is 0 Å². The van der Waals surface area contributed by atoms with Gasteiger partial charge in [-0.25, -0.2) is 13.4 Å². The molecule has 1 fully saturated rings. The Labute approximate surface area is 155 Å². The fraction of sp³-hybridized carbons (Fsp3) is 0.235. The fourth-order valence-corrected chi connectivity index (χ4v) is 3.17. The van der Waals surface area contributed by atoms with E-state index < -0.39 is 9.84 Å². The van der Waals surface area contributed by atoms with E-state index in [1.54, 1.807) is 36.5 Å². The molecule has 26 heavy (non-hydrogen) atoms. The van der Waals surface area contributed by atoms with E-state index in [0.717, 1.165) is 5.69 Å². The van der Waals surface area contributed by atoms with Crippen molar-refractivity contribution >= 4 is 33.1 Å². The smallest absolute Gasteiger partial charge is 0.229 e. The van der Waals surface area contributed by atoms with Gasteiger partial charge in [-0.1, -0.05) is 0 Å². The summed E-state index contributed by atoms with van der Waals surface area (Å²) in [4.78, 5) is 8.85. The molecular weight excluding hydrogens is 352 g/mol. The predicted molar refractivity (Wildman–Crippen MR) is 105 cm³/mol. The molecule has 1 aliphatic carbocycles. The minimum atomic E-state index is -3.21. The van der Waals surface area contributed by atoms with E-state index in [0.29, 0.717) is 29.2 Å². The summed E-state index contributed by atoms with van der Waals surface area (Å²) in [6.45, 7) is 0. The van der Waals surface area contributed by atoms with Gasteiger partial charge in [-0.3, -0.25) is 5.10 Å². The van der Waals surface area contributed by atoms with Gasteiger partial charge < -0.3 is 10.6 Å². The lowest BCUT2D eigenvalue weighted by Crippen LogP contribution is -2.01. The normalized spacial score (nSPS) is 14.2. The van der Waals surface area contributed by atoms with Crippen LogP contribution in [-0.4, -0.2) is 34.8 Å². The molecule has 1 saturated carbocycles. The van der Waals surface area contributed by atoms with Gasteiger partial charge in [0.2, 0.25) is 5.95 Å². The maximum atomic E-state index is 11.5. The zero-order valence-electron chi connectivity index (χ0n) is 14.1. The number of nitrogens with one attached hydrogen (secondary N) is 3. The Bertz CT molecular complexity index is 1040. The monoisotopic (exact) mass is 376 g/mol. The second kappa shape index (κ2) is 6.41. The van der Waals surface area contributed by atoms with Crippen LogP contribution in [0.2, 0.25) is 0 Å². The summed E-state index contributed by atoms with van der Waals surface area (Å²) in [5, 5.41) is 13.5. The molecule has 4 rings (SSSR count). The molecule has 0 bridgehead atoms. The van der Waals surface area contributed by atoms with Gasteiger partial charge in [0.05, 0.1) is 4.90 Å². The second-order valence-electron chi connectivity index (χ2n) is 6.29. The standard InChI is InChI=1S/C17H18N6O2S.3H2/c1-26(24,25)13-6-4-12(5-7-13)19-17-18-9-8-15(21-17)20-16-10-14(22-23-16)11-2-3-11;;;/h4-11H,2-3H2,1H3,(H3,18,19,20,21,22,23);3*1H. The number of hydrogen-bond donors (Lipinski definition) is 3. The summed E-state index contributed by atoms with van der Waals surface area (Å²) < 4.78 is 23.0. The number of rotatable bonds is 6. The molecule has 3 N–H and O–H groups in total. The lowest BCUT2D eigenvalue weighted by Gasteiger charge is -2.07. The van der Waals surface area contributed by atoms with Crippen LogP contribution in [0.25, 0.3) is 0 Å². The van der Waals surface area contributed by atoms with Crippen molar-refractivity contribution in [2.75, 3.05) is 16.9 Å². The number of hydrogen-bond acceptors (Lipinski definition) is 7. The second-order valence-corrected chi connectivity index (χ2v) is 8.31. The molecule has 8 nitrogen and oxygen atoms in total. The minimum absolute atomic E-state index is 0. The van der Waals surface area contributed by atoms with E-state index in [1.165, 1.54) is 19.1 Å². The molecule has 1 aromatic carbocycles. The number of anilines is 4. The third-order valence-electron chi connectivity index (χ3n) is 4.07. The highest BCUT2D eigenvalue weighted by Crippen LogP contribution is 2.39. The van der Waals surface area contributed by atoms with Crippen LogP contribution in [0.1, 0.15) is 28.7 Å². The Hall–Kier alpha value is -2.94. The minimum Gasteiger partial charge on any atom is -0.324 e. The molecule has 140 valence electrons. The van der Waals surface area contributed by atoms with Gasteiger partial charge >= 0.3 is 0 Å². The highest BCUT2D eigenvalue weighted by Gasteiger charge is 2.25. The first-order valence-electron chi connectivity index (χ1n) is 8.20. The van der Waals surface area contributed by atoms with Crippen LogP contribution in [0.15, 0.2) is 47.5 Å². The number of nitrogens with zero attached hydrogens (tertiary/aromatic N) is 3. The van der Waals surface area contributed by atoms with Gasteiger partial charge in [0.15, 0.2) is 15.7 Å². The van der Waals surface area contributed by atoms with Crippen LogP contribution in [0, 0.1) is 0 Å². The van der Waals surface area contributed by atoms with E-state index in [1.807, 2.05) is 6.07 Å². The van der Waals surface area contributed by atoms with E-state index in [9.17, 15) is 8.42 Å². The third-order valence-corrected chi connectivity index (χ3v) is 5.19. The fourth-order valence-electron chi connectivity index (χ4n) is 2.54. The van der Waals surface area contributed by atoms with Crippen LogP contribution >= 0.6 is 0 Å². The summed E-state index contributed by atoms with van der Waals surface area (Å²) in [5.41, 5.74) is 1.84. The average molecular weight is 376 g/mol. The molecule has 9 heteroatoms. The largest absolute Gasteiger partial charge is 0.324 e. The van der Waals surface area contributed by atoms with Gasteiger partial charge in [-0.15, -0.1) is 0 Å². The number of sulfone groups is 1. The van der Waals surface area contributed by atoms with Crippen LogP contribution in [0.5, 0.6) is 0 Å². The summed E-state index contributed by atoms with van der Waals surface area (Å²) in [7, 11) is -3.21. The van der Waals surface area contributed by atoms with Gasteiger partial charge in [0.1, 0.15) is 5.82 Å². The summed E-state index contributed by atoms with van der Waals surface area (Å²) in [6, 6.07) is 10.2. The van der Waals surface area contributed by atoms with Crippen molar-refractivity contribution in [3.05, 3.63) is 48.3 Å². The van der Waals surface area contributed by atoms with Gasteiger partial charge in [0.25, 0.3) is 0 Å². The molecule has 0 spiro atoms. The van der Waals surface area contributed by atoms with Crippen molar-refractivity contribution in [3.8, 4) is 0 Å². The highest BCUT2D eigenvalue weighted by atomic mass is 32.2. The number of H-pyrrole nitrogens is 1. The van der Waals surface area contributed by atoms with E-state index in [4.69, 9.17) is 0 Å². The first-order valence-corrected chi connectivity index (χ1v) is 10.1. The Kier molecular flexibility index (Phi) is 4.08. The average Bonchev–Trinajstić information content (AvgIpc) is 3.35. The molecule has 0 aliphatic heterocycles. The molecule has 0 atom stereocenters. The first-order chi connectivity index (χ1) is 12.5. The Morgan fingerprint density at radius 2 is 1.88 bits per heavy atom. The summed E-state index contributed by atoms with van der Waals surface area (Å²) in [5.74, 6) is 2.34. The molecule has 0 amide bonds. The summed E-state index contributed by atoms with van der Waals surface area (Å²) in [6.07, 6.45) is 5.23. The van der Waals surface area contributed by atoms with Crippen molar-refractivity contribution in [2.45, 2.75) is 23.7 Å². The van der Waals surface area contributed by atoms with Crippen molar-refractivity contribution < 1.29 is 12.7 Å². The zero-order valence-corrected chi connectivity index (χ0v) is 14.9. The SMILES string of the molecule is CS(=O)(=O)c1ccc(Nc2nccc(Nc3cc(C4CC4)[nH]n3)n2)cc1.[HH].[HH].[HH]. The maximum Gasteiger partial charge on any atom is 0.229 e. The maximum absolute atomic E-state index is 11.5. The molecule has 0 saturated heterocycles. The third kappa shape index (κ3) is 3.83. The number of benzene rings is 1. The van der Waals surface area contributed by atoms with Gasteiger partial charge in [-0.05, 0) is 43.2 Å². The topological polar surface area (TPSA) is 113 Å². The number of aromatic amines is 1. The zero-order chi connectivity index (χ0) is 18.1. The Morgan fingerprint density at radius 1 is 1.12 bits per heavy atom. The van der Waals surface area contributed by atoms with Crippen molar-refractivity contribution in [2.24, 2.45) is 0 Å². The molecule has 3 aromatic rings. The quantitative estimate of drug-likeness (QED) is 0.601. The van der Waals surface area contributed by atoms with Crippen LogP contribution in [0.3, 0.4) is 0 Å². The lowest BCUT2D eigenvalue weighted by molar-refractivity contribution is 0.602. The van der Waals surface area contributed by atoms with E-state index in [-0.39, 0.29) is 9.18 Å². The van der Waals surface area contributed by atoms with Crippen molar-refractivity contribution in [1.82, 2.24) is 20.2 Å². The Morgan fingerprint density at radius 3 is 2.58 bits per heavy atom. The summed E-state index contributed by atoms with van der Waals surface area (Å²) >= 11 is 0. The Balaban J connectivity index is 0.00000140. The molecule has 0 unspecified atom stereocenters. The van der Waals surface area contributed by atoms with Crippen molar-refractivity contribution in [3.63, 3.8) is 0 Å².